The fourth-order valence-corrected chi connectivity index (χ4v) is 3.66. The number of nitrogens with zero attached hydrogens (tertiary/aromatic N) is 1. The van der Waals surface area contributed by atoms with Crippen molar-refractivity contribution in [1.29, 1.82) is 0 Å². The summed E-state index contributed by atoms with van der Waals surface area (Å²) in [5, 5.41) is 2.76. The molecular formula is C16H19BrN2O3S. The molecule has 1 N–H and O–H groups in total. The number of furan rings is 1. The number of carbonyl (C=O) groups is 2. The van der Waals surface area contributed by atoms with E-state index in [1.165, 1.54) is 6.26 Å². The van der Waals surface area contributed by atoms with E-state index in [2.05, 4.69) is 21.2 Å². The minimum Gasteiger partial charge on any atom is -0.459 e. The van der Waals surface area contributed by atoms with Crippen LogP contribution in [0.4, 0.5) is 0 Å². The highest BCUT2D eigenvalue weighted by Crippen LogP contribution is 2.23. The van der Waals surface area contributed by atoms with Gasteiger partial charge in [-0.3, -0.25) is 9.59 Å². The summed E-state index contributed by atoms with van der Waals surface area (Å²) in [6.07, 6.45) is 1.43. The van der Waals surface area contributed by atoms with Crippen LogP contribution in [-0.4, -0.2) is 29.8 Å². The van der Waals surface area contributed by atoms with Gasteiger partial charge in [0.05, 0.1) is 16.6 Å². The number of amides is 2. The molecule has 7 heteroatoms. The van der Waals surface area contributed by atoms with Crippen molar-refractivity contribution in [3.63, 3.8) is 0 Å². The van der Waals surface area contributed by atoms with Gasteiger partial charge in [0.2, 0.25) is 5.91 Å². The topological polar surface area (TPSA) is 62.6 Å². The van der Waals surface area contributed by atoms with Crippen LogP contribution >= 0.6 is 27.3 Å². The first-order chi connectivity index (χ1) is 10.9. The molecule has 23 heavy (non-hydrogen) atoms. The Balaban J connectivity index is 2.04. The predicted molar refractivity (Wildman–Crippen MR) is 93.3 cm³/mol. The van der Waals surface area contributed by atoms with Gasteiger partial charge in [-0.2, -0.15) is 0 Å². The van der Waals surface area contributed by atoms with E-state index in [1.54, 1.807) is 35.4 Å². The minimum absolute atomic E-state index is 0.0288. The Bertz CT molecular complexity index is 667. The van der Waals surface area contributed by atoms with Crippen molar-refractivity contribution < 1.29 is 14.0 Å². The average Bonchev–Trinajstić information content (AvgIpc) is 3.15. The van der Waals surface area contributed by atoms with E-state index in [0.717, 1.165) is 8.66 Å². The summed E-state index contributed by atoms with van der Waals surface area (Å²) in [6.45, 7) is 4.32. The Kier molecular flexibility index (Phi) is 6.01. The maximum absolute atomic E-state index is 12.7. The summed E-state index contributed by atoms with van der Waals surface area (Å²) in [4.78, 5) is 27.5. The lowest BCUT2D eigenvalue weighted by Crippen LogP contribution is -2.49. The third-order valence-corrected chi connectivity index (χ3v) is 4.97. The van der Waals surface area contributed by atoms with E-state index >= 15 is 0 Å². The Morgan fingerprint density at radius 2 is 2.09 bits per heavy atom. The molecule has 1 unspecified atom stereocenters. The van der Waals surface area contributed by atoms with Gasteiger partial charge in [0.1, 0.15) is 6.04 Å². The number of thiophene rings is 1. The van der Waals surface area contributed by atoms with Gasteiger partial charge in [-0.25, -0.2) is 0 Å². The molecule has 0 radical (unpaired) electrons. The fourth-order valence-electron chi connectivity index (χ4n) is 2.12. The lowest BCUT2D eigenvalue weighted by atomic mass is 10.0. The summed E-state index contributed by atoms with van der Waals surface area (Å²) < 4.78 is 6.10. The second kappa shape index (κ2) is 7.79. The van der Waals surface area contributed by atoms with Gasteiger partial charge in [0.25, 0.3) is 5.91 Å². The van der Waals surface area contributed by atoms with Crippen LogP contribution in [0.3, 0.4) is 0 Å². The van der Waals surface area contributed by atoms with Crippen LogP contribution in [0.5, 0.6) is 0 Å². The van der Waals surface area contributed by atoms with Gasteiger partial charge in [-0.1, -0.05) is 13.8 Å². The maximum atomic E-state index is 12.7. The zero-order chi connectivity index (χ0) is 17.0. The largest absolute Gasteiger partial charge is 0.459 e. The first kappa shape index (κ1) is 17.7. The molecule has 2 heterocycles. The number of rotatable bonds is 6. The number of halogens is 1. The van der Waals surface area contributed by atoms with Crippen molar-refractivity contribution in [2.24, 2.45) is 5.92 Å². The van der Waals surface area contributed by atoms with Gasteiger partial charge in [0, 0.05) is 11.9 Å². The van der Waals surface area contributed by atoms with Crippen molar-refractivity contribution in [2.45, 2.75) is 26.4 Å². The lowest BCUT2D eigenvalue weighted by Gasteiger charge is -2.26. The SMILES string of the molecule is CC(C)C(NC(=O)c1ccco1)C(=O)N(C)Cc1ccc(Br)s1. The van der Waals surface area contributed by atoms with Crippen LogP contribution in [0.15, 0.2) is 38.7 Å². The maximum Gasteiger partial charge on any atom is 0.287 e. The zero-order valence-electron chi connectivity index (χ0n) is 13.2. The number of likely N-dealkylation sites (N-methyl/N-ethyl adjacent to an activating group) is 1. The first-order valence-corrected chi connectivity index (χ1v) is 8.83. The van der Waals surface area contributed by atoms with Crippen LogP contribution in [0.1, 0.15) is 29.3 Å². The third-order valence-electron chi connectivity index (χ3n) is 3.36. The molecule has 0 spiro atoms. The molecule has 0 bridgehead atoms. The first-order valence-electron chi connectivity index (χ1n) is 7.22. The summed E-state index contributed by atoms with van der Waals surface area (Å²) in [5.41, 5.74) is 0. The summed E-state index contributed by atoms with van der Waals surface area (Å²) in [7, 11) is 1.74. The highest BCUT2D eigenvalue weighted by molar-refractivity contribution is 9.11. The average molecular weight is 399 g/mol. The zero-order valence-corrected chi connectivity index (χ0v) is 15.6. The smallest absolute Gasteiger partial charge is 0.287 e. The molecule has 2 aromatic rings. The van der Waals surface area contributed by atoms with Gasteiger partial charge in [-0.15, -0.1) is 11.3 Å². The van der Waals surface area contributed by atoms with E-state index in [9.17, 15) is 9.59 Å². The van der Waals surface area contributed by atoms with E-state index < -0.39 is 6.04 Å². The Morgan fingerprint density at radius 1 is 1.35 bits per heavy atom. The summed E-state index contributed by atoms with van der Waals surface area (Å²) in [5.74, 6) is -0.328. The van der Waals surface area contributed by atoms with Crippen LogP contribution in [-0.2, 0) is 11.3 Å². The van der Waals surface area contributed by atoms with Gasteiger partial charge < -0.3 is 14.6 Å². The van der Waals surface area contributed by atoms with Gasteiger partial charge in [-0.05, 0) is 46.1 Å². The Morgan fingerprint density at radius 3 is 2.61 bits per heavy atom. The number of nitrogens with one attached hydrogen (secondary N) is 1. The normalized spacial score (nSPS) is 12.2. The number of hydrogen-bond donors (Lipinski definition) is 1. The van der Waals surface area contributed by atoms with Crippen molar-refractivity contribution in [3.05, 3.63) is 45.0 Å². The molecule has 2 rings (SSSR count). The molecule has 2 aromatic heterocycles. The fraction of sp³-hybridized carbons (Fsp3) is 0.375. The van der Waals surface area contributed by atoms with Crippen molar-refractivity contribution in [3.8, 4) is 0 Å². The van der Waals surface area contributed by atoms with E-state index in [-0.39, 0.29) is 23.5 Å². The Hall–Kier alpha value is -1.60. The minimum atomic E-state index is -0.596. The highest BCUT2D eigenvalue weighted by atomic mass is 79.9. The number of carbonyl (C=O) groups excluding carboxylic acids is 2. The molecule has 0 aliphatic rings. The highest BCUT2D eigenvalue weighted by Gasteiger charge is 2.28. The standard InChI is InChI=1S/C16H19BrN2O3S/c1-10(2)14(18-15(20)12-5-4-8-22-12)16(21)19(3)9-11-6-7-13(17)23-11/h4-8,10,14H,9H2,1-3H3,(H,18,20). The molecule has 1 atom stereocenters. The molecule has 5 nitrogen and oxygen atoms in total. The summed E-state index contributed by atoms with van der Waals surface area (Å²) >= 11 is 5.00. The van der Waals surface area contributed by atoms with Crippen LogP contribution in [0, 0.1) is 5.92 Å². The third kappa shape index (κ3) is 4.68. The van der Waals surface area contributed by atoms with E-state index in [1.807, 2.05) is 26.0 Å². The predicted octanol–water partition coefficient (Wildman–Crippen LogP) is 3.52. The molecule has 0 aromatic carbocycles. The monoisotopic (exact) mass is 398 g/mol. The van der Waals surface area contributed by atoms with Crippen LogP contribution in [0.25, 0.3) is 0 Å². The van der Waals surface area contributed by atoms with Crippen LogP contribution in [0.2, 0.25) is 0 Å². The molecular weight excluding hydrogens is 380 g/mol. The van der Waals surface area contributed by atoms with Gasteiger partial charge >= 0.3 is 0 Å². The lowest BCUT2D eigenvalue weighted by molar-refractivity contribution is -0.133. The number of hydrogen-bond acceptors (Lipinski definition) is 4. The van der Waals surface area contributed by atoms with Gasteiger partial charge in [0.15, 0.2) is 5.76 Å². The molecule has 124 valence electrons. The van der Waals surface area contributed by atoms with Crippen molar-refractivity contribution >= 4 is 39.1 Å². The quantitative estimate of drug-likeness (QED) is 0.809. The second-order valence-corrected chi connectivity index (χ2v) is 8.12. The van der Waals surface area contributed by atoms with Crippen molar-refractivity contribution in [1.82, 2.24) is 10.2 Å². The Labute approximate surface area is 147 Å². The summed E-state index contributed by atoms with van der Waals surface area (Å²) in [6, 6.07) is 6.55. The second-order valence-electron chi connectivity index (χ2n) is 5.57. The molecule has 0 saturated carbocycles. The molecule has 2 amide bonds. The van der Waals surface area contributed by atoms with Crippen molar-refractivity contribution in [2.75, 3.05) is 7.05 Å². The molecule has 0 fully saturated rings. The molecule has 0 saturated heterocycles. The molecule has 0 aliphatic heterocycles. The van der Waals surface area contributed by atoms with E-state index in [0.29, 0.717) is 6.54 Å². The van der Waals surface area contributed by atoms with Crippen LogP contribution < -0.4 is 5.32 Å². The van der Waals surface area contributed by atoms with E-state index in [4.69, 9.17) is 4.42 Å². The molecule has 0 aliphatic carbocycles.